The van der Waals surface area contributed by atoms with Gasteiger partial charge in [-0.15, -0.1) is 11.3 Å². The summed E-state index contributed by atoms with van der Waals surface area (Å²) in [5.74, 6) is 1.10. The van der Waals surface area contributed by atoms with Crippen LogP contribution in [0.3, 0.4) is 0 Å². The van der Waals surface area contributed by atoms with Crippen molar-refractivity contribution in [2.75, 3.05) is 31.1 Å². The number of carbonyl (C=O) groups excluding carboxylic acids is 1. The Morgan fingerprint density at radius 1 is 1.18 bits per heavy atom. The number of piperazine rings is 1. The Morgan fingerprint density at radius 2 is 1.95 bits per heavy atom. The Bertz CT molecular complexity index is 752. The molecule has 5 nitrogen and oxygen atoms in total. The van der Waals surface area contributed by atoms with E-state index >= 15 is 0 Å². The Morgan fingerprint density at radius 3 is 2.68 bits per heavy atom. The molecule has 7 heteroatoms. The first-order valence-corrected chi connectivity index (χ1v) is 8.81. The molecule has 22 heavy (non-hydrogen) atoms. The van der Waals surface area contributed by atoms with Crippen molar-refractivity contribution in [2.45, 2.75) is 26.2 Å². The maximum atomic E-state index is 11.5. The Kier molecular flexibility index (Phi) is 3.46. The number of amides is 1. The molecule has 2 aromatic heterocycles. The Labute approximate surface area is 137 Å². The molecule has 0 atom stereocenters. The normalized spacial score (nSPS) is 18.1. The Hall–Kier alpha value is -1.40. The van der Waals surface area contributed by atoms with Crippen molar-refractivity contribution >= 4 is 44.9 Å². The van der Waals surface area contributed by atoms with Crippen molar-refractivity contribution in [3.05, 3.63) is 15.7 Å². The van der Waals surface area contributed by atoms with Gasteiger partial charge in [-0.1, -0.05) is 0 Å². The lowest BCUT2D eigenvalue weighted by Gasteiger charge is -2.35. The molecule has 1 saturated heterocycles. The van der Waals surface area contributed by atoms with E-state index in [0.717, 1.165) is 49.7 Å². The summed E-state index contributed by atoms with van der Waals surface area (Å²) in [7, 11) is 0. The second-order valence-corrected chi connectivity index (χ2v) is 7.27. The molecule has 1 aliphatic carbocycles. The van der Waals surface area contributed by atoms with Gasteiger partial charge in [-0.05, 0) is 36.4 Å². The van der Waals surface area contributed by atoms with Gasteiger partial charge in [0.1, 0.15) is 10.6 Å². The van der Waals surface area contributed by atoms with Crippen LogP contribution in [0.2, 0.25) is 5.28 Å². The number of rotatable bonds is 1. The summed E-state index contributed by atoms with van der Waals surface area (Å²) in [6.07, 6.45) is 3.48. The topological polar surface area (TPSA) is 49.3 Å². The molecule has 4 rings (SSSR count). The van der Waals surface area contributed by atoms with Crippen LogP contribution in [0.15, 0.2) is 0 Å². The summed E-state index contributed by atoms with van der Waals surface area (Å²) in [4.78, 5) is 27.0. The zero-order valence-corrected chi connectivity index (χ0v) is 14.0. The van der Waals surface area contributed by atoms with Crippen LogP contribution in [-0.4, -0.2) is 47.0 Å². The highest BCUT2D eigenvalue weighted by molar-refractivity contribution is 7.19. The van der Waals surface area contributed by atoms with Crippen LogP contribution in [0.1, 0.15) is 23.8 Å². The van der Waals surface area contributed by atoms with Gasteiger partial charge in [-0.2, -0.15) is 4.98 Å². The summed E-state index contributed by atoms with van der Waals surface area (Å²) < 4.78 is 0. The number of aromatic nitrogens is 2. The molecule has 2 aromatic rings. The third-order valence-corrected chi connectivity index (χ3v) is 5.90. The number of hydrogen-bond acceptors (Lipinski definition) is 5. The van der Waals surface area contributed by atoms with E-state index in [-0.39, 0.29) is 5.91 Å². The largest absolute Gasteiger partial charge is 0.352 e. The van der Waals surface area contributed by atoms with Crippen LogP contribution in [0, 0.1) is 0 Å². The zero-order chi connectivity index (χ0) is 15.3. The number of thiophene rings is 1. The van der Waals surface area contributed by atoms with Crippen molar-refractivity contribution in [1.29, 1.82) is 0 Å². The van der Waals surface area contributed by atoms with E-state index in [0.29, 0.717) is 5.28 Å². The number of anilines is 1. The van der Waals surface area contributed by atoms with E-state index in [1.807, 2.05) is 4.90 Å². The van der Waals surface area contributed by atoms with E-state index < -0.39 is 0 Å². The first-order valence-electron chi connectivity index (χ1n) is 7.62. The lowest BCUT2D eigenvalue weighted by atomic mass is 10.1. The van der Waals surface area contributed by atoms with Crippen LogP contribution < -0.4 is 4.90 Å². The second kappa shape index (κ2) is 5.35. The molecular weight excluding hydrogens is 320 g/mol. The van der Waals surface area contributed by atoms with E-state index in [9.17, 15) is 4.79 Å². The third kappa shape index (κ3) is 2.25. The van der Waals surface area contributed by atoms with E-state index in [1.165, 1.54) is 22.2 Å². The molecule has 0 bridgehead atoms. The fourth-order valence-electron chi connectivity index (χ4n) is 3.41. The molecule has 1 aliphatic heterocycles. The van der Waals surface area contributed by atoms with Crippen molar-refractivity contribution in [3.63, 3.8) is 0 Å². The Balaban J connectivity index is 1.74. The molecule has 0 radical (unpaired) electrons. The monoisotopic (exact) mass is 336 g/mol. The summed E-state index contributed by atoms with van der Waals surface area (Å²) in [6.45, 7) is 4.70. The first-order chi connectivity index (χ1) is 10.6. The molecule has 3 heterocycles. The zero-order valence-electron chi connectivity index (χ0n) is 12.4. The quantitative estimate of drug-likeness (QED) is 0.751. The van der Waals surface area contributed by atoms with Crippen LogP contribution in [0.25, 0.3) is 10.2 Å². The molecule has 0 N–H and O–H groups in total. The standard InChI is InChI=1S/C15H17ClN4OS/c1-9(21)19-5-7-20(8-6-19)13-12-10-3-2-4-11(10)22-14(12)18-15(16)17-13/h2-8H2,1H3. The third-order valence-electron chi connectivity index (χ3n) is 4.54. The van der Waals surface area contributed by atoms with E-state index in [1.54, 1.807) is 18.3 Å². The van der Waals surface area contributed by atoms with Gasteiger partial charge in [0.05, 0.1) is 5.39 Å². The summed E-state index contributed by atoms with van der Waals surface area (Å²) in [5, 5.41) is 1.51. The van der Waals surface area contributed by atoms with Crippen LogP contribution >= 0.6 is 22.9 Å². The molecule has 0 aromatic carbocycles. The molecular formula is C15H17ClN4OS. The SMILES string of the molecule is CC(=O)N1CCN(c2nc(Cl)nc3sc4c(c23)CCC4)CC1. The smallest absolute Gasteiger partial charge is 0.225 e. The van der Waals surface area contributed by atoms with Gasteiger partial charge >= 0.3 is 0 Å². The minimum absolute atomic E-state index is 0.141. The van der Waals surface area contributed by atoms with Gasteiger partial charge in [0.15, 0.2) is 0 Å². The fourth-order valence-corrected chi connectivity index (χ4v) is 4.88. The maximum absolute atomic E-state index is 11.5. The van der Waals surface area contributed by atoms with Crippen LogP contribution in [0.4, 0.5) is 5.82 Å². The second-order valence-electron chi connectivity index (χ2n) is 5.85. The highest BCUT2D eigenvalue weighted by Crippen LogP contribution is 2.41. The van der Waals surface area contributed by atoms with E-state index in [2.05, 4.69) is 14.9 Å². The van der Waals surface area contributed by atoms with Gasteiger partial charge in [0.2, 0.25) is 11.2 Å². The lowest BCUT2D eigenvalue weighted by molar-refractivity contribution is -0.129. The average Bonchev–Trinajstić information content (AvgIpc) is 3.06. The molecule has 0 saturated carbocycles. The highest BCUT2D eigenvalue weighted by Gasteiger charge is 2.27. The maximum Gasteiger partial charge on any atom is 0.225 e. The molecule has 116 valence electrons. The van der Waals surface area contributed by atoms with Gasteiger partial charge < -0.3 is 9.80 Å². The number of nitrogens with zero attached hydrogens (tertiary/aromatic N) is 4. The minimum atomic E-state index is 0.141. The number of fused-ring (bicyclic) bond motifs is 3. The predicted molar refractivity (Wildman–Crippen MR) is 88.9 cm³/mol. The van der Waals surface area contributed by atoms with Crippen molar-refractivity contribution in [1.82, 2.24) is 14.9 Å². The summed E-state index contributed by atoms with van der Waals surface area (Å²) in [5.41, 5.74) is 1.42. The van der Waals surface area contributed by atoms with Gasteiger partial charge in [-0.3, -0.25) is 4.79 Å². The van der Waals surface area contributed by atoms with Crippen molar-refractivity contribution in [2.24, 2.45) is 0 Å². The van der Waals surface area contributed by atoms with Crippen molar-refractivity contribution in [3.8, 4) is 0 Å². The number of carbonyl (C=O) groups is 1. The summed E-state index contributed by atoms with van der Waals surface area (Å²) >= 11 is 7.90. The first kappa shape index (κ1) is 14.2. The average molecular weight is 337 g/mol. The predicted octanol–water partition coefficient (Wildman–Crippen LogP) is 2.50. The van der Waals surface area contributed by atoms with Crippen molar-refractivity contribution < 1.29 is 4.79 Å². The van der Waals surface area contributed by atoms with E-state index in [4.69, 9.17) is 11.6 Å². The minimum Gasteiger partial charge on any atom is -0.352 e. The number of hydrogen-bond donors (Lipinski definition) is 0. The number of halogens is 1. The number of aryl methyl sites for hydroxylation is 2. The van der Waals surface area contributed by atoms with Gasteiger partial charge in [0, 0.05) is 38.0 Å². The molecule has 2 aliphatic rings. The summed E-state index contributed by atoms with van der Waals surface area (Å²) in [6, 6.07) is 0. The van der Waals surface area contributed by atoms with Crippen LogP contribution in [-0.2, 0) is 17.6 Å². The highest BCUT2D eigenvalue weighted by atomic mass is 35.5. The van der Waals surface area contributed by atoms with Gasteiger partial charge in [0.25, 0.3) is 0 Å². The molecule has 0 spiro atoms. The van der Waals surface area contributed by atoms with Gasteiger partial charge in [-0.25, -0.2) is 4.98 Å². The molecule has 1 amide bonds. The fraction of sp³-hybridized carbons (Fsp3) is 0.533. The van der Waals surface area contributed by atoms with Crippen LogP contribution in [0.5, 0.6) is 0 Å². The lowest BCUT2D eigenvalue weighted by Crippen LogP contribution is -2.48. The molecule has 1 fully saturated rings. The molecule has 0 unspecified atom stereocenters.